The monoisotopic (exact) mass is 223 g/mol. The lowest BCUT2D eigenvalue weighted by Gasteiger charge is -2.03. The molecule has 0 saturated heterocycles. The Bertz CT molecular complexity index is 601. The fourth-order valence-corrected chi connectivity index (χ4v) is 1.75. The number of hydrogen-bond donors (Lipinski definition) is 2. The summed E-state index contributed by atoms with van der Waals surface area (Å²) in [5, 5.41) is 8.33. The highest BCUT2D eigenvalue weighted by Gasteiger charge is 2.04. The van der Waals surface area contributed by atoms with Crippen molar-refractivity contribution in [1.82, 2.24) is 10.2 Å². The Balaban J connectivity index is 2.41. The second-order valence-electron chi connectivity index (χ2n) is 2.99. The van der Waals surface area contributed by atoms with Crippen molar-refractivity contribution in [3.05, 3.63) is 36.4 Å². The first-order valence-electron chi connectivity index (χ1n) is 4.19. The zero-order chi connectivity index (χ0) is 10.9. The smallest absolute Gasteiger partial charge is 0.254 e. The summed E-state index contributed by atoms with van der Waals surface area (Å²) in [5.41, 5.74) is 1.35. The van der Waals surface area contributed by atoms with Crippen LogP contribution in [0.2, 0.25) is 0 Å². The number of nitrogens with zero attached hydrogens (tertiary/aromatic N) is 1. The van der Waals surface area contributed by atoms with E-state index in [9.17, 15) is 8.42 Å². The fraction of sp³-hybridized carbons (Fsp3) is 0. The van der Waals surface area contributed by atoms with Gasteiger partial charge in [0.25, 0.3) is 10.0 Å². The van der Waals surface area contributed by atoms with Crippen molar-refractivity contribution in [3.8, 4) is 0 Å². The summed E-state index contributed by atoms with van der Waals surface area (Å²) in [6.45, 7) is 3.21. The number of fused-ring (bicyclic) bond motifs is 1. The Hall–Kier alpha value is -1.82. The lowest BCUT2D eigenvalue weighted by Crippen LogP contribution is -2.07. The molecule has 78 valence electrons. The summed E-state index contributed by atoms with van der Waals surface area (Å²) in [6, 6.07) is 5.10. The molecule has 0 aliphatic carbocycles. The molecule has 0 aliphatic rings. The number of anilines is 1. The highest BCUT2D eigenvalue weighted by Crippen LogP contribution is 2.17. The maximum absolute atomic E-state index is 11.2. The van der Waals surface area contributed by atoms with Gasteiger partial charge in [-0.15, -0.1) is 0 Å². The average Bonchev–Trinajstić information content (AvgIpc) is 2.64. The van der Waals surface area contributed by atoms with E-state index >= 15 is 0 Å². The van der Waals surface area contributed by atoms with Crippen LogP contribution in [0.15, 0.2) is 36.4 Å². The van der Waals surface area contributed by atoms with Gasteiger partial charge < -0.3 is 0 Å². The largest absolute Gasteiger partial charge is 0.280 e. The highest BCUT2D eigenvalue weighted by atomic mass is 32.2. The number of benzene rings is 1. The first-order valence-corrected chi connectivity index (χ1v) is 5.74. The summed E-state index contributed by atoms with van der Waals surface area (Å²) in [4.78, 5) is 0. The van der Waals surface area contributed by atoms with Crippen LogP contribution in [-0.4, -0.2) is 18.6 Å². The molecule has 2 aromatic rings. The van der Waals surface area contributed by atoms with E-state index < -0.39 is 10.0 Å². The van der Waals surface area contributed by atoms with Crippen LogP contribution >= 0.6 is 0 Å². The van der Waals surface area contributed by atoms with Crippen LogP contribution in [0.4, 0.5) is 5.69 Å². The van der Waals surface area contributed by atoms with Crippen molar-refractivity contribution < 1.29 is 8.42 Å². The van der Waals surface area contributed by atoms with E-state index in [4.69, 9.17) is 0 Å². The number of rotatable bonds is 3. The molecule has 0 fully saturated rings. The van der Waals surface area contributed by atoms with Crippen molar-refractivity contribution in [2.75, 3.05) is 4.72 Å². The molecule has 6 heteroatoms. The SMILES string of the molecule is C=CS(=O)(=O)Nc1ccc2[nH]ncc2c1. The van der Waals surface area contributed by atoms with Crippen LogP contribution in [0.25, 0.3) is 10.9 Å². The molecule has 5 nitrogen and oxygen atoms in total. The van der Waals surface area contributed by atoms with E-state index in [0.29, 0.717) is 5.69 Å². The van der Waals surface area contributed by atoms with Gasteiger partial charge >= 0.3 is 0 Å². The van der Waals surface area contributed by atoms with Gasteiger partial charge in [0, 0.05) is 16.5 Å². The van der Waals surface area contributed by atoms with Gasteiger partial charge in [0.1, 0.15) is 0 Å². The summed E-state index contributed by atoms with van der Waals surface area (Å²) >= 11 is 0. The standard InChI is InChI=1S/C9H9N3O2S/c1-2-15(13,14)12-8-3-4-9-7(5-8)6-10-11-9/h2-6,12H,1H2,(H,10,11). The van der Waals surface area contributed by atoms with E-state index in [1.807, 2.05) is 0 Å². The van der Waals surface area contributed by atoms with Crippen LogP contribution in [0.5, 0.6) is 0 Å². The molecule has 2 N–H and O–H groups in total. The lowest BCUT2D eigenvalue weighted by molar-refractivity contribution is 0.609. The average molecular weight is 223 g/mol. The molecule has 0 saturated carbocycles. The van der Waals surface area contributed by atoms with Crippen LogP contribution in [-0.2, 0) is 10.0 Å². The van der Waals surface area contributed by atoms with E-state index in [1.54, 1.807) is 24.4 Å². The van der Waals surface area contributed by atoms with Gasteiger partial charge in [-0.2, -0.15) is 5.10 Å². The quantitative estimate of drug-likeness (QED) is 0.826. The Labute approximate surface area is 86.9 Å². The van der Waals surface area contributed by atoms with Gasteiger partial charge in [0.05, 0.1) is 11.7 Å². The summed E-state index contributed by atoms with van der Waals surface area (Å²) in [5.74, 6) is 0. The predicted molar refractivity (Wildman–Crippen MR) is 58.8 cm³/mol. The third-order valence-electron chi connectivity index (χ3n) is 1.92. The molecular weight excluding hydrogens is 214 g/mol. The second kappa shape index (κ2) is 3.39. The zero-order valence-corrected chi connectivity index (χ0v) is 8.58. The summed E-state index contributed by atoms with van der Waals surface area (Å²) in [7, 11) is -3.44. The molecule has 0 unspecified atom stereocenters. The normalized spacial score (nSPS) is 11.5. The fourth-order valence-electron chi connectivity index (χ4n) is 1.21. The molecule has 2 rings (SSSR count). The molecular formula is C9H9N3O2S. The number of sulfonamides is 1. The molecule has 0 atom stereocenters. The van der Waals surface area contributed by atoms with Crippen molar-refractivity contribution in [3.63, 3.8) is 0 Å². The van der Waals surface area contributed by atoms with Crippen molar-refractivity contribution in [2.24, 2.45) is 0 Å². The van der Waals surface area contributed by atoms with Crippen molar-refractivity contribution in [2.45, 2.75) is 0 Å². The highest BCUT2D eigenvalue weighted by molar-refractivity contribution is 7.95. The third kappa shape index (κ3) is 1.99. The Morgan fingerprint density at radius 1 is 1.47 bits per heavy atom. The zero-order valence-electron chi connectivity index (χ0n) is 7.77. The molecule has 1 heterocycles. The minimum absolute atomic E-state index is 0.490. The van der Waals surface area contributed by atoms with E-state index in [-0.39, 0.29) is 0 Å². The van der Waals surface area contributed by atoms with Gasteiger partial charge in [-0.25, -0.2) is 8.42 Å². The molecule has 0 amide bonds. The lowest BCUT2D eigenvalue weighted by atomic mass is 10.2. The second-order valence-corrected chi connectivity index (χ2v) is 4.61. The molecule has 0 bridgehead atoms. The number of aromatic nitrogens is 2. The van der Waals surface area contributed by atoms with Gasteiger partial charge in [-0.3, -0.25) is 9.82 Å². The van der Waals surface area contributed by atoms with Crippen LogP contribution in [0, 0.1) is 0 Å². The predicted octanol–water partition coefficient (Wildman–Crippen LogP) is 1.45. The van der Waals surface area contributed by atoms with Crippen LogP contribution in [0.1, 0.15) is 0 Å². The number of hydrogen-bond acceptors (Lipinski definition) is 3. The van der Waals surface area contributed by atoms with Crippen molar-refractivity contribution >= 4 is 26.6 Å². The van der Waals surface area contributed by atoms with Gasteiger partial charge in [0.15, 0.2) is 0 Å². The van der Waals surface area contributed by atoms with Crippen LogP contribution < -0.4 is 4.72 Å². The van der Waals surface area contributed by atoms with E-state index in [0.717, 1.165) is 16.3 Å². The number of aromatic amines is 1. The first kappa shape index (κ1) is 9.72. The first-order chi connectivity index (χ1) is 7.11. The van der Waals surface area contributed by atoms with E-state index in [2.05, 4.69) is 21.5 Å². The van der Waals surface area contributed by atoms with Gasteiger partial charge in [0.2, 0.25) is 0 Å². The Morgan fingerprint density at radius 2 is 2.27 bits per heavy atom. The summed E-state index contributed by atoms with van der Waals surface area (Å²) < 4.78 is 24.7. The minimum Gasteiger partial charge on any atom is -0.280 e. The maximum Gasteiger partial charge on any atom is 0.254 e. The molecule has 0 radical (unpaired) electrons. The van der Waals surface area contributed by atoms with Gasteiger partial charge in [-0.1, -0.05) is 6.58 Å². The van der Waals surface area contributed by atoms with Crippen molar-refractivity contribution in [1.29, 1.82) is 0 Å². The molecule has 15 heavy (non-hydrogen) atoms. The number of nitrogens with one attached hydrogen (secondary N) is 2. The van der Waals surface area contributed by atoms with Gasteiger partial charge in [-0.05, 0) is 18.2 Å². The number of H-pyrrole nitrogens is 1. The molecule has 1 aromatic heterocycles. The third-order valence-corrected chi connectivity index (χ3v) is 2.88. The summed E-state index contributed by atoms with van der Waals surface area (Å²) in [6.07, 6.45) is 1.63. The molecule has 0 aliphatic heterocycles. The topological polar surface area (TPSA) is 74.8 Å². The maximum atomic E-state index is 11.2. The van der Waals surface area contributed by atoms with E-state index in [1.165, 1.54) is 0 Å². The Kier molecular flexibility index (Phi) is 2.20. The van der Waals surface area contributed by atoms with Crippen LogP contribution in [0.3, 0.4) is 0 Å². The minimum atomic E-state index is -3.44. The Morgan fingerprint density at radius 3 is 3.00 bits per heavy atom. The molecule has 0 spiro atoms. The molecule has 1 aromatic carbocycles.